The molecular formula is C10H16LiNO3. The molecule has 4 nitrogen and oxygen atoms in total. The summed E-state index contributed by atoms with van der Waals surface area (Å²) in [5, 5.41) is 8.62. The van der Waals surface area contributed by atoms with Gasteiger partial charge in [-0.2, -0.15) is 0 Å². The molecule has 0 aromatic carbocycles. The predicted octanol–water partition coefficient (Wildman–Crippen LogP) is -1.84. The average molecular weight is 205 g/mol. The monoisotopic (exact) mass is 205 g/mol. The van der Waals surface area contributed by atoms with Crippen LogP contribution in [0.5, 0.6) is 0 Å². The maximum absolute atomic E-state index is 10.5. The van der Waals surface area contributed by atoms with Crippen molar-refractivity contribution in [2.75, 3.05) is 7.11 Å². The number of hydrogen-bond donors (Lipinski definition) is 2. The van der Waals surface area contributed by atoms with Gasteiger partial charge in [0.2, 0.25) is 0 Å². The van der Waals surface area contributed by atoms with E-state index in [1.807, 2.05) is 12.2 Å². The van der Waals surface area contributed by atoms with E-state index in [0.29, 0.717) is 6.42 Å². The van der Waals surface area contributed by atoms with Gasteiger partial charge in [-0.05, 0) is 18.9 Å². The van der Waals surface area contributed by atoms with Crippen LogP contribution < -0.4 is 24.6 Å². The van der Waals surface area contributed by atoms with Crippen LogP contribution in [-0.2, 0) is 9.53 Å². The number of hydrogen-bond acceptors (Lipinski definition) is 3. The van der Waals surface area contributed by atoms with E-state index in [2.05, 4.69) is 0 Å². The van der Waals surface area contributed by atoms with Crippen molar-refractivity contribution in [2.45, 2.75) is 25.3 Å². The smallest absolute Gasteiger partial charge is 1.00 e. The van der Waals surface area contributed by atoms with Crippen LogP contribution in [0.3, 0.4) is 0 Å². The Kier molecular flexibility index (Phi) is 6.42. The topological polar surface area (TPSA) is 72.5 Å². The molecule has 0 bridgehead atoms. The maximum atomic E-state index is 10.5. The van der Waals surface area contributed by atoms with E-state index < -0.39 is 12.0 Å². The van der Waals surface area contributed by atoms with Gasteiger partial charge >= 0.3 is 24.8 Å². The summed E-state index contributed by atoms with van der Waals surface area (Å²) in [5.74, 6) is -0.0231. The van der Waals surface area contributed by atoms with Gasteiger partial charge in [-0.1, -0.05) is 11.6 Å². The summed E-state index contributed by atoms with van der Waals surface area (Å²) >= 11 is 0. The van der Waals surface area contributed by atoms with Gasteiger partial charge in [-0.3, -0.25) is 4.79 Å². The summed E-state index contributed by atoms with van der Waals surface area (Å²) in [6, 6.07) is -0.793. The van der Waals surface area contributed by atoms with Crippen molar-refractivity contribution >= 4 is 5.97 Å². The third-order valence-corrected chi connectivity index (χ3v) is 2.25. The molecule has 0 saturated carbocycles. The fourth-order valence-electron chi connectivity index (χ4n) is 1.36. The zero-order valence-electron chi connectivity index (χ0n) is 10.2. The van der Waals surface area contributed by atoms with Crippen LogP contribution in [-0.4, -0.2) is 24.2 Å². The number of allylic oxidation sites excluding steroid dienone is 2. The second kappa shape index (κ2) is 6.73. The molecule has 0 heterocycles. The first-order valence-electron chi connectivity index (χ1n) is 4.52. The Morgan fingerprint density at radius 3 is 2.73 bits per heavy atom. The zero-order valence-corrected chi connectivity index (χ0v) is 9.19. The Morgan fingerprint density at radius 2 is 2.33 bits per heavy atom. The predicted molar refractivity (Wildman–Crippen MR) is 53.7 cm³/mol. The van der Waals surface area contributed by atoms with E-state index in [-0.39, 0.29) is 20.3 Å². The third-order valence-electron chi connectivity index (χ3n) is 2.25. The number of nitrogens with two attached hydrogens (primary N) is 1. The normalized spacial score (nSPS) is 16.9. The Balaban J connectivity index is 0. The SMILES string of the molecule is COC1=CCC(CC(N)C(=O)O)=CC1.[H-].[Li+]. The van der Waals surface area contributed by atoms with Gasteiger partial charge in [-0.25, -0.2) is 0 Å². The number of rotatable bonds is 4. The largest absolute Gasteiger partial charge is 1.00 e. The summed E-state index contributed by atoms with van der Waals surface area (Å²) in [6.45, 7) is 0. The average Bonchev–Trinajstić information content (AvgIpc) is 2.19. The minimum atomic E-state index is -0.951. The van der Waals surface area contributed by atoms with Gasteiger partial charge in [0.25, 0.3) is 0 Å². The van der Waals surface area contributed by atoms with E-state index in [4.69, 9.17) is 15.6 Å². The molecule has 1 rings (SSSR count). The van der Waals surface area contributed by atoms with Crippen molar-refractivity contribution < 1.29 is 34.9 Å². The quantitative estimate of drug-likeness (QED) is 0.417. The number of methoxy groups -OCH3 is 1. The molecule has 0 fully saturated rings. The van der Waals surface area contributed by atoms with E-state index in [9.17, 15) is 4.79 Å². The maximum Gasteiger partial charge on any atom is 1.00 e. The molecule has 15 heavy (non-hydrogen) atoms. The van der Waals surface area contributed by atoms with Gasteiger partial charge in [0.1, 0.15) is 6.04 Å². The fourth-order valence-corrected chi connectivity index (χ4v) is 1.36. The Morgan fingerprint density at radius 1 is 1.67 bits per heavy atom. The molecule has 1 aliphatic rings. The molecule has 80 valence electrons. The summed E-state index contributed by atoms with van der Waals surface area (Å²) in [4.78, 5) is 10.5. The number of ether oxygens (including phenoxy) is 1. The molecule has 0 saturated heterocycles. The number of carboxylic acids is 1. The van der Waals surface area contributed by atoms with Crippen molar-refractivity contribution in [3.05, 3.63) is 23.5 Å². The third kappa shape index (κ3) is 4.56. The summed E-state index contributed by atoms with van der Waals surface area (Å²) in [7, 11) is 1.63. The molecule has 1 unspecified atom stereocenters. The second-order valence-electron chi connectivity index (χ2n) is 3.29. The molecule has 0 aliphatic heterocycles. The van der Waals surface area contributed by atoms with Crippen molar-refractivity contribution in [3.63, 3.8) is 0 Å². The van der Waals surface area contributed by atoms with Gasteiger partial charge in [0, 0.05) is 6.42 Å². The number of carbonyl (C=O) groups is 1. The molecule has 1 aliphatic carbocycles. The van der Waals surface area contributed by atoms with Crippen LogP contribution >= 0.6 is 0 Å². The molecule has 5 heteroatoms. The van der Waals surface area contributed by atoms with Gasteiger partial charge in [-0.15, -0.1) is 0 Å². The summed E-state index contributed by atoms with van der Waals surface area (Å²) in [5.41, 5.74) is 6.49. The first-order valence-corrected chi connectivity index (χ1v) is 4.52. The van der Waals surface area contributed by atoms with Crippen molar-refractivity contribution in [1.29, 1.82) is 0 Å². The van der Waals surface area contributed by atoms with Gasteiger partial charge < -0.3 is 17.0 Å². The Labute approximate surface area is 103 Å². The van der Waals surface area contributed by atoms with Gasteiger partial charge in [0.05, 0.1) is 12.9 Å². The molecule has 0 amide bonds. The Bertz CT molecular complexity index is 292. The van der Waals surface area contributed by atoms with Crippen molar-refractivity contribution in [2.24, 2.45) is 5.73 Å². The van der Waals surface area contributed by atoms with Crippen molar-refractivity contribution in [3.8, 4) is 0 Å². The summed E-state index contributed by atoms with van der Waals surface area (Å²) in [6.07, 6.45) is 5.84. The first-order chi connectivity index (χ1) is 6.63. The van der Waals surface area contributed by atoms with Gasteiger partial charge in [0.15, 0.2) is 0 Å². The zero-order chi connectivity index (χ0) is 10.6. The van der Waals surface area contributed by atoms with Crippen LogP contribution in [0, 0.1) is 0 Å². The molecule has 1 atom stereocenters. The number of carboxylic acid groups (broad SMARTS) is 1. The van der Waals surface area contributed by atoms with Crippen LogP contribution in [0.25, 0.3) is 0 Å². The fraction of sp³-hybridized carbons (Fsp3) is 0.500. The Hall–Kier alpha value is -0.693. The van der Waals surface area contributed by atoms with Crippen LogP contribution in [0.4, 0.5) is 0 Å². The van der Waals surface area contributed by atoms with Crippen LogP contribution in [0.2, 0.25) is 0 Å². The molecule has 0 radical (unpaired) electrons. The van der Waals surface area contributed by atoms with Crippen LogP contribution in [0.15, 0.2) is 23.5 Å². The van der Waals surface area contributed by atoms with E-state index in [1.165, 1.54) is 0 Å². The second-order valence-corrected chi connectivity index (χ2v) is 3.29. The molecular weight excluding hydrogens is 189 g/mol. The molecule has 3 N–H and O–H groups in total. The molecule has 0 spiro atoms. The van der Waals surface area contributed by atoms with Crippen LogP contribution in [0.1, 0.15) is 20.7 Å². The minimum Gasteiger partial charge on any atom is -1.00 e. The first kappa shape index (κ1) is 14.3. The van der Waals surface area contributed by atoms with E-state index in [1.54, 1.807) is 7.11 Å². The standard InChI is InChI=1S/C10H15NO3.Li.H/c1-14-8-4-2-7(3-5-8)6-9(11)10(12)13;;/h2,5,9H,3-4,6,11H2,1H3,(H,12,13);;/q;+1;-1. The summed E-state index contributed by atoms with van der Waals surface area (Å²) < 4.78 is 5.06. The number of aliphatic carboxylic acids is 1. The molecule has 0 aromatic heterocycles. The van der Waals surface area contributed by atoms with Crippen molar-refractivity contribution in [1.82, 2.24) is 0 Å². The van der Waals surface area contributed by atoms with E-state index >= 15 is 0 Å². The van der Waals surface area contributed by atoms with E-state index in [0.717, 1.165) is 24.2 Å². The minimum absolute atomic E-state index is 0. The molecule has 0 aromatic rings.